The van der Waals surface area contributed by atoms with Crippen molar-refractivity contribution in [2.24, 2.45) is 0 Å². The third-order valence-electron chi connectivity index (χ3n) is 3.45. The van der Waals surface area contributed by atoms with E-state index in [1.807, 2.05) is 48.5 Å². The first-order valence-corrected chi connectivity index (χ1v) is 8.19. The Kier molecular flexibility index (Phi) is 4.96. The molecule has 0 aliphatic heterocycles. The Morgan fingerprint density at radius 3 is 2.29 bits per heavy atom. The molecule has 0 unspecified atom stereocenters. The molecule has 0 fully saturated rings. The maximum atomic E-state index is 5.23. The van der Waals surface area contributed by atoms with E-state index in [1.54, 1.807) is 7.11 Å². The fraction of sp³-hybridized carbons (Fsp3) is 0.111. The lowest BCUT2D eigenvalue weighted by molar-refractivity contribution is 0.415. The van der Waals surface area contributed by atoms with Crippen molar-refractivity contribution in [3.63, 3.8) is 0 Å². The second kappa shape index (κ2) is 7.31. The molecular weight excluding hydrogens is 368 g/mol. The number of hydrogen-bond acceptors (Lipinski definition) is 5. The van der Waals surface area contributed by atoms with Crippen LogP contribution in [0.25, 0.3) is 0 Å². The molecule has 1 heterocycles. The molecule has 0 amide bonds. The summed E-state index contributed by atoms with van der Waals surface area (Å²) in [6.45, 7) is 2.05. The van der Waals surface area contributed by atoms with E-state index in [4.69, 9.17) is 4.74 Å². The minimum absolute atomic E-state index is 0.701. The van der Waals surface area contributed by atoms with E-state index in [0.29, 0.717) is 11.6 Å². The number of anilines is 4. The molecule has 3 rings (SSSR count). The monoisotopic (exact) mass is 384 g/mol. The van der Waals surface area contributed by atoms with E-state index in [0.717, 1.165) is 21.6 Å². The highest BCUT2D eigenvalue weighted by Gasteiger charge is 2.03. The molecule has 24 heavy (non-hydrogen) atoms. The van der Waals surface area contributed by atoms with E-state index < -0.39 is 0 Å². The second-order valence-corrected chi connectivity index (χ2v) is 6.09. The Morgan fingerprint density at radius 1 is 0.917 bits per heavy atom. The maximum absolute atomic E-state index is 5.23. The standard InChI is InChI=1S/C18H17BrN4O/c1-12-6-7-14(9-16(12)19)23-18-10-17(20-11-21-18)22-13-4-3-5-15(8-13)24-2/h3-11H,1-2H3,(H2,20,21,22,23). The van der Waals surface area contributed by atoms with Crippen LogP contribution in [0.5, 0.6) is 5.75 Å². The predicted octanol–water partition coefficient (Wildman–Crippen LogP) is 5.04. The van der Waals surface area contributed by atoms with Crippen LogP contribution in [0.4, 0.5) is 23.0 Å². The zero-order valence-electron chi connectivity index (χ0n) is 13.4. The van der Waals surface area contributed by atoms with E-state index in [1.165, 1.54) is 11.9 Å². The number of ether oxygens (including phenoxy) is 1. The van der Waals surface area contributed by atoms with Crippen LogP contribution >= 0.6 is 15.9 Å². The van der Waals surface area contributed by atoms with Gasteiger partial charge in [-0.25, -0.2) is 9.97 Å². The Labute approximate surface area is 149 Å². The molecule has 2 N–H and O–H groups in total. The summed E-state index contributed by atoms with van der Waals surface area (Å²) in [4.78, 5) is 8.51. The summed E-state index contributed by atoms with van der Waals surface area (Å²) in [5, 5.41) is 6.52. The van der Waals surface area contributed by atoms with Crippen LogP contribution in [0, 0.1) is 6.92 Å². The Balaban J connectivity index is 1.77. The SMILES string of the molecule is COc1cccc(Nc2cc(Nc3ccc(C)c(Br)c3)ncn2)c1. The lowest BCUT2D eigenvalue weighted by Gasteiger charge is -2.10. The molecule has 5 nitrogen and oxygen atoms in total. The molecule has 0 atom stereocenters. The summed E-state index contributed by atoms with van der Waals surface area (Å²) in [6.07, 6.45) is 1.52. The number of nitrogens with one attached hydrogen (secondary N) is 2. The number of hydrogen-bond donors (Lipinski definition) is 2. The zero-order chi connectivity index (χ0) is 16.9. The summed E-state index contributed by atoms with van der Waals surface area (Å²) in [5.41, 5.74) is 3.04. The third kappa shape index (κ3) is 4.02. The number of methoxy groups -OCH3 is 1. The van der Waals surface area contributed by atoms with Crippen molar-refractivity contribution in [3.05, 3.63) is 64.9 Å². The Hall–Kier alpha value is -2.60. The van der Waals surface area contributed by atoms with Crippen LogP contribution in [0.1, 0.15) is 5.56 Å². The molecule has 0 bridgehead atoms. The van der Waals surface area contributed by atoms with Gasteiger partial charge in [-0.1, -0.05) is 28.1 Å². The smallest absolute Gasteiger partial charge is 0.135 e. The number of halogens is 1. The molecule has 0 radical (unpaired) electrons. The first-order valence-electron chi connectivity index (χ1n) is 7.40. The van der Waals surface area contributed by atoms with Gasteiger partial charge in [0.25, 0.3) is 0 Å². The van der Waals surface area contributed by atoms with Gasteiger partial charge in [0.2, 0.25) is 0 Å². The Morgan fingerprint density at radius 2 is 1.62 bits per heavy atom. The lowest BCUT2D eigenvalue weighted by Crippen LogP contribution is -1.99. The fourth-order valence-corrected chi connectivity index (χ4v) is 2.54. The molecule has 0 aliphatic rings. The fourth-order valence-electron chi connectivity index (χ4n) is 2.16. The van der Waals surface area contributed by atoms with Crippen molar-refractivity contribution >= 4 is 38.9 Å². The van der Waals surface area contributed by atoms with Gasteiger partial charge in [-0.05, 0) is 36.8 Å². The first-order chi connectivity index (χ1) is 11.6. The minimum atomic E-state index is 0.701. The largest absolute Gasteiger partial charge is 0.497 e. The van der Waals surface area contributed by atoms with Gasteiger partial charge in [0.15, 0.2) is 0 Å². The normalized spacial score (nSPS) is 10.3. The highest BCUT2D eigenvalue weighted by atomic mass is 79.9. The van der Waals surface area contributed by atoms with Crippen molar-refractivity contribution < 1.29 is 4.74 Å². The number of rotatable bonds is 5. The molecule has 0 spiro atoms. The van der Waals surface area contributed by atoms with Gasteiger partial charge in [-0.2, -0.15) is 0 Å². The molecule has 2 aromatic carbocycles. The summed E-state index contributed by atoms with van der Waals surface area (Å²) in [7, 11) is 1.64. The zero-order valence-corrected chi connectivity index (χ0v) is 15.0. The maximum Gasteiger partial charge on any atom is 0.135 e. The quantitative estimate of drug-likeness (QED) is 0.644. The number of aromatic nitrogens is 2. The highest BCUT2D eigenvalue weighted by Crippen LogP contribution is 2.25. The van der Waals surface area contributed by atoms with Crippen molar-refractivity contribution in [3.8, 4) is 5.75 Å². The summed E-state index contributed by atoms with van der Waals surface area (Å²) < 4.78 is 6.28. The van der Waals surface area contributed by atoms with Crippen molar-refractivity contribution in [1.29, 1.82) is 0 Å². The molecule has 6 heteroatoms. The third-order valence-corrected chi connectivity index (χ3v) is 4.31. The van der Waals surface area contributed by atoms with Crippen LogP contribution < -0.4 is 15.4 Å². The summed E-state index contributed by atoms with van der Waals surface area (Å²) in [6, 6.07) is 15.6. The molecular formula is C18H17BrN4O. The van der Waals surface area contributed by atoms with E-state index in [2.05, 4.69) is 43.5 Å². The second-order valence-electron chi connectivity index (χ2n) is 5.23. The van der Waals surface area contributed by atoms with Gasteiger partial charge >= 0.3 is 0 Å². The van der Waals surface area contributed by atoms with Gasteiger partial charge in [-0.15, -0.1) is 0 Å². The van der Waals surface area contributed by atoms with Crippen molar-refractivity contribution in [2.45, 2.75) is 6.92 Å². The van der Waals surface area contributed by atoms with Crippen LogP contribution in [0.2, 0.25) is 0 Å². The lowest BCUT2D eigenvalue weighted by atomic mass is 10.2. The average Bonchev–Trinajstić information content (AvgIpc) is 2.59. The Bertz CT molecular complexity index is 854. The number of nitrogens with zero attached hydrogens (tertiary/aromatic N) is 2. The molecule has 122 valence electrons. The molecule has 0 aliphatic carbocycles. The highest BCUT2D eigenvalue weighted by molar-refractivity contribution is 9.10. The van der Waals surface area contributed by atoms with E-state index in [-0.39, 0.29) is 0 Å². The van der Waals surface area contributed by atoms with Crippen LogP contribution in [-0.2, 0) is 0 Å². The molecule has 3 aromatic rings. The van der Waals surface area contributed by atoms with Gasteiger partial charge in [-0.3, -0.25) is 0 Å². The van der Waals surface area contributed by atoms with Crippen LogP contribution in [-0.4, -0.2) is 17.1 Å². The molecule has 1 aromatic heterocycles. The van der Waals surface area contributed by atoms with Gasteiger partial charge in [0.05, 0.1) is 7.11 Å². The predicted molar refractivity (Wildman–Crippen MR) is 100 cm³/mol. The van der Waals surface area contributed by atoms with Gasteiger partial charge in [0.1, 0.15) is 23.7 Å². The average molecular weight is 385 g/mol. The summed E-state index contributed by atoms with van der Waals surface area (Å²) >= 11 is 3.53. The van der Waals surface area contributed by atoms with Crippen molar-refractivity contribution in [1.82, 2.24) is 9.97 Å². The number of benzene rings is 2. The number of aryl methyl sites for hydroxylation is 1. The van der Waals surface area contributed by atoms with Gasteiger partial charge < -0.3 is 15.4 Å². The van der Waals surface area contributed by atoms with E-state index >= 15 is 0 Å². The van der Waals surface area contributed by atoms with Crippen molar-refractivity contribution in [2.75, 3.05) is 17.7 Å². The summed E-state index contributed by atoms with van der Waals surface area (Å²) in [5.74, 6) is 2.20. The molecule has 0 saturated carbocycles. The topological polar surface area (TPSA) is 59.1 Å². The van der Waals surface area contributed by atoms with Crippen LogP contribution in [0.3, 0.4) is 0 Å². The van der Waals surface area contributed by atoms with Crippen LogP contribution in [0.15, 0.2) is 59.3 Å². The molecule has 0 saturated heterocycles. The van der Waals surface area contributed by atoms with E-state index in [9.17, 15) is 0 Å². The van der Waals surface area contributed by atoms with Gasteiger partial charge in [0, 0.05) is 28.0 Å². The minimum Gasteiger partial charge on any atom is -0.497 e. The first kappa shape index (κ1) is 16.3.